The van der Waals surface area contributed by atoms with Gasteiger partial charge in [0, 0.05) is 6.42 Å². The minimum Gasteiger partial charge on any atom is -0.756 e. The quantitative estimate of drug-likeness (QED) is 0.349. The van der Waals surface area contributed by atoms with Crippen molar-refractivity contribution in [2.45, 2.75) is 31.7 Å². The molecule has 12 nitrogen and oxygen atoms in total. The van der Waals surface area contributed by atoms with Crippen LogP contribution < -0.4 is 14.7 Å². The Balaban J connectivity index is 2.60. The Kier molecular flexibility index (Phi) is 7.96. The molecule has 0 bridgehead atoms. The van der Waals surface area contributed by atoms with Gasteiger partial charge in [-0.25, -0.2) is 8.62 Å². The highest BCUT2D eigenvalue weighted by Crippen LogP contribution is 2.61. The Morgan fingerprint density at radius 3 is 2.42 bits per heavy atom. The lowest BCUT2D eigenvalue weighted by Gasteiger charge is -2.33. The van der Waals surface area contributed by atoms with Crippen molar-refractivity contribution in [2.24, 2.45) is 0 Å². The van der Waals surface area contributed by atoms with Crippen LogP contribution in [0.2, 0.25) is 0 Å². The van der Waals surface area contributed by atoms with Crippen molar-refractivity contribution in [3.05, 3.63) is 12.7 Å². The Morgan fingerprint density at radius 2 is 1.88 bits per heavy atom. The van der Waals surface area contributed by atoms with E-state index in [9.17, 15) is 28.4 Å². The monoisotopic (exact) mass is 409 g/mol. The van der Waals surface area contributed by atoms with E-state index in [2.05, 4.69) is 19.7 Å². The highest BCUT2D eigenvalue weighted by atomic mass is 31.3. The van der Waals surface area contributed by atoms with Crippen LogP contribution in [0, 0.1) is 0 Å². The van der Waals surface area contributed by atoms with Crippen LogP contribution in [0.5, 0.6) is 0 Å². The predicted molar refractivity (Wildman–Crippen MR) is 72.0 cm³/mol. The van der Waals surface area contributed by atoms with Crippen LogP contribution in [0.1, 0.15) is 13.3 Å². The molecule has 4 unspecified atom stereocenters. The topological polar surface area (TPSA) is 187 Å². The largest absolute Gasteiger partial charge is 0.756 e. The van der Waals surface area contributed by atoms with Gasteiger partial charge >= 0.3 is 0 Å². The third-order valence-corrected chi connectivity index (χ3v) is 6.31. The van der Waals surface area contributed by atoms with E-state index in [0.29, 0.717) is 6.42 Å². The second-order valence-corrected chi connectivity index (χ2v) is 8.99. The molecule has 1 fully saturated rings. The third-order valence-electron chi connectivity index (χ3n) is 2.61. The van der Waals surface area contributed by atoms with Gasteiger partial charge in [-0.2, -0.15) is 0 Å². The van der Waals surface area contributed by atoms with Crippen LogP contribution in [0.3, 0.4) is 0 Å². The number of phosphoric ester groups is 1. The Hall–Kier alpha value is 0.0700. The molecule has 0 radical (unpaired) electrons. The minimum absolute atomic E-state index is 0.182. The van der Waals surface area contributed by atoms with Crippen LogP contribution in [0.25, 0.3) is 0 Å². The summed E-state index contributed by atoms with van der Waals surface area (Å²) in [6.07, 6.45) is 0.312. The average Bonchev–Trinajstić information content (AvgIpc) is 2.70. The maximum Gasteiger partial charge on any atom is 0.280 e. The summed E-state index contributed by atoms with van der Waals surface area (Å²) in [5, 5.41) is 0. The van der Waals surface area contributed by atoms with Crippen molar-refractivity contribution in [3.8, 4) is 0 Å². The number of hydrogen-bond acceptors (Lipinski definition) is 11. The number of hydrogen-bond donors (Lipinski definition) is 1. The third kappa shape index (κ3) is 8.44. The standard InChI is InChI=1S/C9H19O12P3/c1-3-4-17-8-5-7(2)19-9(8)6-18-23(13,14)21-24(15,16)20-22(10,11)12/h3,7-9H,1,4-6H2,2H3,(H,13,14)(H,15,16)(H2,10,11,12)/p-3/t7-,8?,9+/m0/s1. The molecule has 24 heavy (non-hydrogen) atoms. The van der Waals surface area contributed by atoms with E-state index in [-0.39, 0.29) is 12.7 Å². The lowest BCUT2D eigenvalue weighted by atomic mass is 10.1. The van der Waals surface area contributed by atoms with Gasteiger partial charge in [0.1, 0.15) is 6.10 Å². The van der Waals surface area contributed by atoms with Crippen molar-refractivity contribution >= 4 is 23.5 Å². The van der Waals surface area contributed by atoms with Gasteiger partial charge in [0.25, 0.3) is 23.5 Å². The zero-order valence-electron chi connectivity index (χ0n) is 12.4. The Morgan fingerprint density at radius 1 is 1.25 bits per heavy atom. The molecule has 142 valence electrons. The zero-order chi connectivity index (χ0) is 18.6. The Bertz CT molecular complexity index is 572. The molecule has 0 aromatic rings. The van der Waals surface area contributed by atoms with E-state index in [1.807, 2.05) is 0 Å². The van der Waals surface area contributed by atoms with Crippen molar-refractivity contribution in [2.75, 3.05) is 13.2 Å². The summed E-state index contributed by atoms with van der Waals surface area (Å²) >= 11 is 0. The van der Waals surface area contributed by atoms with Crippen molar-refractivity contribution in [3.63, 3.8) is 0 Å². The molecular weight excluding hydrogens is 393 g/mol. The number of rotatable bonds is 10. The molecule has 1 rings (SSSR count). The maximum atomic E-state index is 11.4. The summed E-state index contributed by atoms with van der Waals surface area (Å²) in [6, 6.07) is 0. The second kappa shape index (κ2) is 8.64. The minimum atomic E-state index is -5.90. The first-order valence-electron chi connectivity index (χ1n) is 6.44. The summed E-state index contributed by atoms with van der Waals surface area (Å²) in [5.41, 5.74) is 0. The normalized spacial score (nSPS) is 31.8. The molecule has 15 heteroatoms. The van der Waals surface area contributed by atoms with Crippen LogP contribution >= 0.6 is 23.5 Å². The summed E-state index contributed by atoms with van der Waals surface area (Å²) in [4.78, 5) is 41.0. The molecular formula is C9H16O12P3-3. The second-order valence-electron chi connectivity index (χ2n) is 4.70. The molecule has 0 saturated carbocycles. The lowest BCUT2D eigenvalue weighted by Crippen LogP contribution is -2.30. The molecule has 6 atom stereocenters. The van der Waals surface area contributed by atoms with Gasteiger partial charge in [-0.1, -0.05) is 6.08 Å². The van der Waals surface area contributed by atoms with Crippen LogP contribution in [-0.2, 0) is 36.3 Å². The molecule has 0 amide bonds. The zero-order valence-corrected chi connectivity index (χ0v) is 15.1. The molecule has 1 aliphatic heterocycles. The summed E-state index contributed by atoms with van der Waals surface area (Å²) in [5.74, 6) is 0. The van der Waals surface area contributed by atoms with Crippen molar-refractivity contribution < 1.29 is 55.9 Å². The predicted octanol–water partition coefficient (Wildman–Crippen LogP) is -0.818. The molecule has 0 aliphatic carbocycles. The summed E-state index contributed by atoms with van der Waals surface area (Å²) < 4.78 is 54.5. The smallest absolute Gasteiger partial charge is 0.280 e. The molecule has 1 saturated heterocycles. The van der Waals surface area contributed by atoms with Gasteiger partial charge in [-0.15, -0.1) is 6.58 Å². The highest BCUT2D eigenvalue weighted by molar-refractivity contribution is 7.65. The maximum absolute atomic E-state index is 11.4. The van der Waals surface area contributed by atoms with Gasteiger partial charge in [0.15, 0.2) is 0 Å². The van der Waals surface area contributed by atoms with Crippen LogP contribution in [0.4, 0.5) is 0 Å². The van der Waals surface area contributed by atoms with Crippen LogP contribution in [-0.4, -0.2) is 36.4 Å². The number of phosphoric acid groups is 3. The fourth-order valence-electron chi connectivity index (χ4n) is 1.89. The first-order chi connectivity index (χ1) is 10.8. The molecule has 1 aliphatic rings. The first-order valence-corrected chi connectivity index (χ1v) is 10.9. The van der Waals surface area contributed by atoms with E-state index in [1.165, 1.54) is 6.08 Å². The molecule has 0 spiro atoms. The fraction of sp³-hybridized carbons (Fsp3) is 0.778. The summed E-state index contributed by atoms with van der Waals surface area (Å²) in [7, 11) is -17.2. The summed E-state index contributed by atoms with van der Waals surface area (Å²) in [6.45, 7) is 4.72. The van der Waals surface area contributed by atoms with E-state index in [0.717, 1.165) is 0 Å². The first kappa shape index (κ1) is 22.1. The van der Waals surface area contributed by atoms with Crippen molar-refractivity contribution in [1.82, 2.24) is 0 Å². The van der Waals surface area contributed by atoms with E-state index < -0.39 is 42.3 Å². The van der Waals surface area contributed by atoms with Gasteiger partial charge in [-0.05, 0) is 6.92 Å². The highest BCUT2D eigenvalue weighted by Gasteiger charge is 2.35. The lowest BCUT2D eigenvalue weighted by molar-refractivity contribution is -0.250. The van der Waals surface area contributed by atoms with E-state index in [4.69, 9.17) is 14.4 Å². The fourth-order valence-corrected chi connectivity index (χ4v) is 4.78. The van der Waals surface area contributed by atoms with Gasteiger partial charge in [0.05, 0.1) is 25.4 Å². The van der Waals surface area contributed by atoms with E-state index in [1.54, 1.807) is 6.92 Å². The number of ether oxygens (including phenoxy) is 2. The van der Waals surface area contributed by atoms with Gasteiger partial charge in [-0.3, -0.25) is 13.7 Å². The van der Waals surface area contributed by atoms with Crippen LogP contribution in [0.15, 0.2) is 12.7 Å². The van der Waals surface area contributed by atoms with E-state index >= 15 is 0 Å². The molecule has 1 N–H and O–H groups in total. The molecule has 0 aromatic carbocycles. The average molecular weight is 409 g/mol. The van der Waals surface area contributed by atoms with Crippen molar-refractivity contribution in [1.29, 1.82) is 0 Å². The SMILES string of the molecule is C=CCOC1C[C@H](C)O[C@@H]1COP(=O)([O-])OP(=O)([O-])OP(=O)([O-])O. The Labute approximate surface area is 137 Å². The molecule has 0 aromatic heterocycles. The van der Waals surface area contributed by atoms with Gasteiger partial charge < -0.3 is 33.6 Å². The van der Waals surface area contributed by atoms with Gasteiger partial charge in [0.2, 0.25) is 0 Å². The molecule has 1 heterocycles.